The Morgan fingerprint density at radius 3 is 3.06 bits per heavy atom. The molecule has 0 aliphatic heterocycles. The van der Waals surface area contributed by atoms with Gasteiger partial charge in [0, 0.05) is 0 Å². The number of H-pyrrole nitrogens is 1. The Kier molecular flexibility index (Phi) is 1.75. The first-order valence-corrected chi connectivity index (χ1v) is 5.46. The molecule has 0 amide bonds. The van der Waals surface area contributed by atoms with E-state index in [9.17, 15) is 4.79 Å². The van der Waals surface area contributed by atoms with Crippen LogP contribution in [0.25, 0.3) is 21.1 Å². The molecule has 0 spiro atoms. The molecule has 5 nitrogen and oxygen atoms in total. The summed E-state index contributed by atoms with van der Waals surface area (Å²) in [5.41, 5.74) is 1.61. The van der Waals surface area contributed by atoms with E-state index >= 15 is 0 Å². The molecule has 3 rings (SSSR count). The molecule has 16 heavy (non-hydrogen) atoms. The zero-order valence-electron chi connectivity index (χ0n) is 8.31. The van der Waals surface area contributed by atoms with Crippen LogP contribution in [0.4, 0.5) is 0 Å². The molecular formula is C10H7N3O2S. The number of nitrogens with zero attached hydrogens (tertiary/aromatic N) is 2. The van der Waals surface area contributed by atoms with Crippen molar-refractivity contribution >= 4 is 38.4 Å². The lowest BCUT2D eigenvalue weighted by Crippen LogP contribution is -1.96. The minimum Gasteiger partial charge on any atom is -0.476 e. The van der Waals surface area contributed by atoms with Gasteiger partial charge in [0.1, 0.15) is 0 Å². The molecule has 0 bridgehead atoms. The second kappa shape index (κ2) is 3.02. The zero-order chi connectivity index (χ0) is 11.3. The topological polar surface area (TPSA) is 78.9 Å². The highest BCUT2D eigenvalue weighted by atomic mass is 32.1. The molecule has 3 aromatic rings. The van der Waals surface area contributed by atoms with Gasteiger partial charge in [-0.2, -0.15) is 5.10 Å². The first kappa shape index (κ1) is 9.29. The van der Waals surface area contributed by atoms with Gasteiger partial charge >= 0.3 is 5.97 Å². The highest BCUT2D eigenvalue weighted by molar-refractivity contribution is 7.19. The third kappa shape index (κ3) is 1.13. The number of benzene rings is 1. The number of aromatic carboxylic acids is 1. The number of carboxylic acid groups (broad SMARTS) is 1. The van der Waals surface area contributed by atoms with E-state index in [0.717, 1.165) is 20.7 Å². The Bertz CT molecular complexity index is 713. The van der Waals surface area contributed by atoms with Crippen LogP contribution in [0.5, 0.6) is 0 Å². The van der Waals surface area contributed by atoms with E-state index in [1.807, 2.05) is 13.0 Å². The van der Waals surface area contributed by atoms with Crippen molar-refractivity contribution in [1.29, 1.82) is 0 Å². The van der Waals surface area contributed by atoms with E-state index in [2.05, 4.69) is 15.2 Å². The average Bonchev–Trinajstić information content (AvgIpc) is 2.77. The largest absolute Gasteiger partial charge is 0.476 e. The number of fused-ring (bicyclic) bond motifs is 3. The minimum atomic E-state index is -1.02. The van der Waals surface area contributed by atoms with E-state index in [-0.39, 0.29) is 5.69 Å². The fourth-order valence-electron chi connectivity index (χ4n) is 1.76. The Hall–Kier alpha value is -1.95. The van der Waals surface area contributed by atoms with E-state index in [1.165, 1.54) is 11.3 Å². The van der Waals surface area contributed by atoms with E-state index in [0.29, 0.717) is 5.39 Å². The van der Waals surface area contributed by atoms with Crippen molar-refractivity contribution in [3.8, 4) is 0 Å². The maximum atomic E-state index is 11.0. The Labute approximate surface area is 93.7 Å². The molecule has 0 aliphatic rings. The number of nitrogens with one attached hydrogen (secondary N) is 1. The van der Waals surface area contributed by atoms with Gasteiger partial charge in [-0.1, -0.05) is 0 Å². The maximum absolute atomic E-state index is 11.0. The van der Waals surface area contributed by atoms with Crippen LogP contribution >= 0.6 is 11.3 Å². The van der Waals surface area contributed by atoms with Gasteiger partial charge in [0.15, 0.2) is 5.69 Å². The molecule has 0 saturated carbocycles. The Balaban J connectivity index is 2.55. The molecule has 2 aromatic heterocycles. The summed E-state index contributed by atoms with van der Waals surface area (Å²) in [4.78, 5) is 15.4. The van der Waals surface area contributed by atoms with E-state index in [4.69, 9.17) is 5.11 Å². The van der Waals surface area contributed by atoms with Crippen molar-refractivity contribution < 1.29 is 9.90 Å². The fourth-order valence-corrected chi connectivity index (χ4v) is 2.72. The summed E-state index contributed by atoms with van der Waals surface area (Å²) in [6.45, 7) is 1.90. The Morgan fingerprint density at radius 2 is 2.31 bits per heavy atom. The Morgan fingerprint density at radius 1 is 1.50 bits per heavy atom. The molecule has 80 valence electrons. The third-order valence-electron chi connectivity index (χ3n) is 2.39. The van der Waals surface area contributed by atoms with Crippen LogP contribution < -0.4 is 0 Å². The highest BCUT2D eigenvalue weighted by Crippen LogP contribution is 2.31. The number of carbonyl (C=O) groups is 1. The lowest BCUT2D eigenvalue weighted by molar-refractivity contribution is 0.0692. The number of aromatic amines is 1. The van der Waals surface area contributed by atoms with Crippen LogP contribution in [0, 0.1) is 6.92 Å². The molecule has 1 aromatic carbocycles. The lowest BCUT2D eigenvalue weighted by Gasteiger charge is -1.91. The van der Waals surface area contributed by atoms with Crippen LogP contribution in [0.15, 0.2) is 12.1 Å². The summed E-state index contributed by atoms with van der Waals surface area (Å²) in [5.74, 6) is -1.02. The number of aryl methyl sites for hydroxylation is 1. The monoisotopic (exact) mass is 233 g/mol. The van der Waals surface area contributed by atoms with Gasteiger partial charge < -0.3 is 5.11 Å². The predicted molar refractivity (Wildman–Crippen MR) is 61.0 cm³/mol. The maximum Gasteiger partial charge on any atom is 0.357 e. The standard InChI is InChI=1S/C10H7N3O2S/c1-4-11-6-3-2-5-7(9(6)16-4)8(10(14)15)13-12-5/h2-3H,1H3,(H,12,13)(H,14,15). The van der Waals surface area contributed by atoms with Gasteiger partial charge in [-0.3, -0.25) is 5.10 Å². The van der Waals surface area contributed by atoms with E-state index < -0.39 is 5.97 Å². The molecule has 0 fully saturated rings. The number of rotatable bonds is 1. The molecule has 0 aliphatic carbocycles. The van der Waals surface area contributed by atoms with Crippen LogP contribution in [-0.2, 0) is 0 Å². The normalized spacial score (nSPS) is 11.3. The summed E-state index contributed by atoms with van der Waals surface area (Å²) < 4.78 is 0.876. The van der Waals surface area contributed by atoms with Gasteiger partial charge in [-0.15, -0.1) is 11.3 Å². The summed E-state index contributed by atoms with van der Waals surface area (Å²) in [6, 6.07) is 3.67. The van der Waals surface area contributed by atoms with Gasteiger partial charge in [0.2, 0.25) is 0 Å². The molecule has 0 atom stereocenters. The van der Waals surface area contributed by atoms with E-state index in [1.54, 1.807) is 6.07 Å². The van der Waals surface area contributed by atoms with Crippen molar-refractivity contribution in [2.75, 3.05) is 0 Å². The molecule has 0 unspecified atom stereocenters. The summed E-state index contributed by atoms with van der Waals surface area (Å²) in [5, 5.41) is 17.1. The van der Waals surface area contributed by atoms with Crippen molar-refractivity contribution in [1.82, 2.24) is 15.2 Å². The molecule has 0 radical (unpaired) electrons. The summed E-state index contributed by atoms with van der Waals surface area (Å²) >= 11 is 1.48. The second-order valence-electron chi connectivity index (χ2n) is 3.45. The molecule has 0 saturated heterocycles. The first-order chi connectivity index (χ1) is 7.66. The first-order valence-electron chi connectivity index (χ1n) is 4.64. The molecule has 6 heteroatoms. The highest BCUT2D eigenvalue weighted by Gasteiger charge is 2.17. The SMILES string of the molecule is Cc1nc2ccc3[nH]nc(C(=O)O)c3c2s1. The molecular weight excluding hydrogens is 226 g/mol. The summed E-state index contributed by atoms with van der Waals surface area (Å²) in [6.07, 6.45) is 0. The summed E-state index contributed by atoms with van der Waals surface area (Å²) in [7, 11) is 0. The number of thiazole rings is 1. The van der Waals surface area contributed by atoms with Crippen molar-refractivity contribution in [3.63, 3.8) is 0 Å². The van der Waals surface area contributed by atoms with Crippen molar-refractivity contribution in [2.45, 2.75) is 6.92 Å². The average molecular weight is 233 g/mol. The van der Waals surface area contributed by atoms with Crippen LogP contribution in [-0.4, -0.2) is 26.3 Å². The van der Waals surface area contributed by atoms with Gasteiger partial charge in [-0.05, 0) is 19.1 Å². The van der Waals surface area contributed by atoms with Crippen LogP contribution in [0.3, 0.4) is 0 Å². The van der Waals surface area contributed by atoms with Crippen LogP contribution in [0.1, 0.15) is 15.5 Å². The minimum absolute atomic E-state index is 0.0595. The quantitative estimate of drug-likeness (QED) is 0.675. The zero-order valence-corrected chi connectivity index (χ0v) is 9.13. The molecule has 2 heterocycles. The fraction of sp³-hybridized carbons (Fsp3) is 0.100. The second-order valence-corrected chi connectivity index (χ2v) is 4.65. The third-order valence-corrected chi connectivity index (χ3v) is 3.40. The predicted octanol–water partition coefficient (Wildman–Crippen LogP) is 2.18. The number of carboxylic acids is 1. The van der Waals surface area contributed by atoms with Gasteiger partial charge in [-0.25, -0.2) is 9.78 Å². The molecule has 2 N–H and O–H groups in total. The number of aromatic nitrogens is 3. The van der Waals surface area contributed by atoms with Gasteiger partial charge in [0.25, 0.3) is 0 Å². The number of hydrogen-bond donors (Lipinski definition) is 2. The van der Waals surface area contributed by atoms with Crippen LogP contribution in [0.2, 0.25) is 0 Å². The smallest absolute Gasteiger partial charge is 0.357 e. The lowest BCUT2D eigenvalue weighted by atomic mass is 10.2. The number of hydrogen-bond acceptors (Lipinski definition) is 4. The van der Waals surface area contributed by atoms with Crippen molar-refractivity contribution in [2.24, 2.45) is 0 Å². The van der Waals surface area contributed by atoms with Crippen molar-refractivity contribution in [3.05, 3.63) is 22.8 Å². The van der Waals surface area contributed by atoms with Gasteiger partial charge in [0.05, 0.1) is 26.1 Å².